The van der Waals surface area contributed by atoms with Gasteiger partial charge in [0.1, 0.15) is 11.3 Å². The van der Waals surface area contributed by atoms with Crippen LogP contribution in [0.3, 0.4) is 0 Å². The van der Waals surface area contributed by atoms with E-state index >= 15 is 0 Å². The van der Waals surface area contributed by atoms with Gasteiger partial charge in [-0.2, -0.15) is 0 Å². The normalized spacial score (nSPS) is 18.9. The monoisotopic (exact) mass is 483 g/mol. The summed E-state index contributed by atoms with van der Waals surface area (Å²) in [7, 11) is 0. The molecule has 34 heavy (non-hydrogen) atoms. The van der Waals surface area contributed by atoms with Gasteiger partial charge in [0.2, 0.25) is 0 Å². The summed E-state index contributed by atoms with van der Waals surface area (Å²) >= 11 is 5.93. The van der Waals surface area contributed by atoms with Crippen molar-refractivity contribution in [2.75, 3.05) is 6.54 Å². The van der Waals surface area contributed by atoms with Crippen LogP contribution in [-0.4, -0.2) is 29.6 Å². The number of carbonyl (C=O) groups excluding carboxylic acids is 1. The third-order valence-electron chi connectivity index (χ3n) is 6.31. The molecule has 178 valence electrons. The van der Waals surface area contributed by atoms with Gasteiger partial charge >= 0.3 is 11.6 Å². The van der Waals surface area contributed by atoms with Crippen molar-refractivity contribution in [2.24, 2.45) is 11.8 Å². The number of fused-ring (bicyclic) bond motifs is 1. The van der Waals surface area contributed by atoms with Gasteiger partial charge in [-0.3, -0.25) is 9.59 Å². The molecule has 3 aromatic rings. The highest BCUT2D eigenvalue weighted by Gasteiger charge is 2.26. The molecule has 1 aliphatic carbocycles. The zero-order chi connectivity index (χ0) is 24.2. The summed E-state index contributed by atoms with van der Waals surface area (Å²) in [5.41, 5.74) is 1.03. The van der Waals surface area contributed by atoms with Gasteiger partial charge in [0.05, 0.1) is 11.5 Å². The average molecular weight is 484 g/mol. The van der Waals surface area contributed by atoms with E-state index in [-0.39, 0.29) is 17.7 Å². The number of hydrogen-bond donors (Lipinski definition) is 2. The fourth-order valence-corrected chi connectivity index (χ4v) is 4.38. The van der Waals surface area contributed by atoms with E-state index in [0.29, 0.717) is 46.9 Å². The number of carbonyl (C=O) groups is 2. The molecule has 1 aliphatic rings. The molecule has 0 spiro atoms. The fourth-order valence-electron chi connectivity index (χ4n) is 4.26. The van der Waals surface area contributed by atoms with E-state index in [1.54, 1.807) is 55.5 Å². The Kier molecular flexibility index (Phi) is 7.22. The molecule has 1 aromatic heterocycles. The van der Waals surface area contributed by atoms with Crippen LogP contribution >= 0.6 is 11.6 Å². The van der Waals surface area contributed by atoms with E-state index in [9.17, 15) is 14.4 Å². The molecule has 2 N–H and O–H groups in total. The molecular formula is C26H26ClNO6. The number of carboxylic acid groups (broad SMARTS) is 1. The highest BCUT2D eigenvalue weighted by atomic mass is 35.5. The maximum absolute atomic E-state index is 12.5. The number of amides is 1. The van der Waals surface area contributed by atoms with E-state index in [2.05, 4.69) is 5.32 Å². The number of aliphatic carboxylic acids is 1. The first-order valence-electron chi connectivity index (χ1n) is 11.3. The highest BCUT2D eigenvalue weighted by molar-refractivity contribution is 6.30. The molecule has 7 nitrogen and oxygen atoms in total. The smallest absolute Gasteiger partial charge is 0.344 e. The van der Waals surface area contributed by atoms with E-state index in [1.165, 1.54) is 0 Å². The summed E-state index contributed by atoms with van der Waals surface area (Å²) in [5, 5.41) is 13.3. The molecule has 4 rings (SSSR count). The lowest BCUT2D eigenvalue weighted by Crippen LogP contribution is -2.39. The Bertz CT molecular complexity index is 1240. The van der Waals surface area contributed by atoms with Crippen molar-refractivity contribution in [3.8, 4) is 16.9 Å². The maximum Gasteiger partial charge on any atom is 0.344 e. The zero-order valence-electron chi connectivity index (χ0n) is 18.8. The number of ether oxygens (including phenoxy) is 1. The second-order valence-electron chi connectivity index (χ2n) is 8.72. The Morgan fingerprint density at radius 2 is 1.82 bits per heavy atom. The van der Waals surface area contributed by atoms with Gasteiger partial charge in [0, 0.05) is 23.0 Å². The minimum Gasteiger partial charge on any atom is -0.481 e. The third-order valence-corrected chi connectivity index (χ3v) is 6.56. The third kappa shape index (κ3) is 5.59. The molecule has 1 atom stereocenters. The van der Waals surface area contributed by atoms with E-state index in [0.717, 1.165) is 18.2 Å². The molecule has 2 aromatic carbocycles. The fraction of sp³-hybridized carbons (Fsp3) is 0.346. The predicted molar refractivity (Wildman–Crippen MR) is 129 cm³/mol. The van der Waals surface area contributed by atoms with Crippen molar-refractivity contribution in [1.29, 1.82) is 0 Å². The van der Waals surface area contributed by atoms with Gasteiger partial charge in [-0.1, -0.05) is 23.7 Å². The van der Waals surface area contributed by atoms with Gasteiger partial charge in [-0.15, -0.1) is 0 Å². The minimum atomic E-state index is -0.743. The van der Waals surface area contributed by atoms with Crippen molar-refractivity contribution >= 4 is 34.4 Å². The molecular weight excluding hydrogens is 458 g/mol. The second kappa shape index (κ2) is 10.3. The van der Waals surface area contributed by atoms with Crippen LogP contribution in [0.5, 0.6) is 5.75 Å². The van der Waals surface area contributed by atoms with Crippen LogP contribution in [0.4, 0.5) is 0 Å². The summed E-state index contributed by atoms with van der Waals surface area (Å²) in [4.78, 5) is 36.1. The topological polar surface area (TPSA) is 106 Å². The SMILES string of the molecule is C[C@H](Oc1ccc2cc(-c3ccc(Cl)cc3)c(=O)oc2c1)C(=O)NCC1CCC(C(=O)O)CC1. The summed E-state index contributed by atoms with van der Waals surface area (Å²) in [6, 6.07) is 13.8. The molecule has 0 radical (unpaired) electrons. The number of carboxylic acids is 1. The van der Waals surface area contributed by atoms with Crippen molar-refractivity contribution in [2.45, 2.75) is 38.7 Å². The maximum atomic E-state index is 12.5. The van der Waals surface area contributed by atoms with Crippen LogP contribution in [-0.2, 0) is 9.59 Å². The highest BCUT2D eigenvalue weighted by Crippen LogP contribution is 2.29. The summed E-state index contributed by atoms with van der Waals surface area (Å²) < 4.78 is 11.3. The van der Waals surface area contributed by atoms with E-state index in [4.69, 9.17) is 25.9 Å². The quantitative estimate of drug-likeness (QED) is 0.463. The Labute approximate surface area is 201 Å². The molecule has 1 heterocycles. The van der Waals surface area contributed by atoms with E-state index < -0.39 is 17.7 Å². The van der Waals surface area contributed by atoms with Gasteiger partial charge in [0.25, 0.3) is 5.91 Å². The van der Waals surface area contributed by atoms with Crippen molar-refractivity contribution < 1.29 is 23.8 Å². The van der Waals surface area contributed by atoms with Crippen LogP contribution in [0.25, 0.3) is 22.1 Å². The summed E-state index contributed by atoms with van der Waals surface area (Å²) in [6.45, 7) is 2.15. The van der Waals surface area contributed by atoms with Crippen LogP contribution in [0.1, 0.15) is 32.6 Å². The van der Waals surface area contributed by atoms with Crippen molar-refractivity contribution in [1.82, 2.24) is 5.32 Å². The van der Waals surface area contributed by atoms with Crippen molar-refractivity contribution in [3.05, 3.63) is 64.0 Å². The zero-order valence-corrected chi connectivity index (χ0v) is 19.5. The van der Waals surface area contributed by atoms with Crippen LogP contribution < -0.4 is 15.7 Å². The van der Waals surface area contributed by atoms with Gasteiger partial charge in [-0.05, 0) is 74.4 Å². The molecule has 0 unspecified atom stereocenters. The van der Waals surface area contributed by atoms with Gasteiger partial charge in [-0.25, -0.2) is 4.79 Å². The molecule has 0 aliphatic heterocycles. The number of hydrogen-bond acceptors (Lipinski definition) is 5. The first-order valence-corrected chi connectivity index (χ1v) is 11.7. The number of benzene rings is 2. The largest absolute Gasteiger partial charge is 0.481 e. The lowest BCUT2D eigenvalue weighted by atomic mass is 9.82. The minimum absolute atomic E-state index is 0.250. The van der Waals surface area contributed by atoms with Crippen LogP contribution in [0, 0.1) is 11.8 Å². The van der Waals surface area contributed by atoms with Crippen molar-refractivity contribution in [3.63, 3.8) is 0 Å². The van der Waals surface area contributed by atoms with Crippen LogP contribution in [0.2, 0.25) is 5.02 Å². The Morgan fingerprint density at radius 1 is 1.12 bits per heavy atom. The predicted octanol–water partition coefficient (Wildman–Crippen LogP) is 4.89. The summed E-state index contributed by atoms with van der Waals surface area (Å²) in [5.74, 6) is -0.572. The lowest BCUT2D eigenvalue weighted by Gasteiger charge is -2.26. The summed E-state index contributed by atoms with van der Waals surface area (Å²) in [6.07, 6.45) is 2.11. The number of halogens is 1. The number of rotatable bonds is 7. The molecule has 1 fully saturated rings. The second-order valence-corrected chi connectivity index (χ2v) is 9.15. The molecule has 0 bridgehead atoms. The Balaban J connectivity index is 1.37. The molecule has 1 amide bonds. The van der Waals surface area contributed by atoms with E-state index in [1.807, 2.05) is 0 Å². The lowest BCUT2D eigenvalue weighted by molar-refractivity contribution is -0.143. The number of nitrogens with one attached hydrogen (secondary N) is 1. The Hall–Kier alpha value is -3.32. The van der Waals surface area contributed by atoms with Gasteiger partial charge in [0.15, 0.2) is 6.10 Å². The molecule has 1 saturated carbocycles. The standard InChI is InChI=1S/C26H26ClNO6/c1-15(24(29)28-14-16-2-4-18(5-3-16)25(30)31)33-21-11-8-19-12-22(26(32)34-23(19)13-21)17-6-9-20(27)10-7-17/h6-13,15-16,18H,2-5,14H2,1H3,(H,28,29)(H,30,31)/t15-,16?,18?/m0/s1. The molecule has 8 heteroatoms. The van der Waals surface area contributed by atoms with Crippen LogP contribution in [0.15, 0.2) is 57.7 Å². The first kappa shape index (κ1) is 23.8. The first-order chi connectivity index (χ1) is 16.3. The van der Waals surface area contributed by atoms with Gasteiger partial charge < -0.3 is 19.6 Å². The average Bonchev–Trinajstić information content (AvgIpc) is 2.83. The molecule has 0 saturated heterocycles. The Morgan fingerprint density at radius 3 is 2.50 bits per heavy atom.